The van der Waals surface area contributed by atoms with Gasteiger partial charge in [0, 0.05) is 12.6 Å². The van der Waals surface area contributed by atoms with E-state index in [0.29, 0.717) is 24.2 Å². The van der Waals surface area contributed by atoms with E-state index < -0.39 is 12.0 Å². The highest BCUT2D eigenvalue weighted by atomic mass is 16.4. The monoisotopic (exact) mass is 282 g/mol. The molecule has 0 aliphatic heterocycles. The molecule has 1 unspecified atom stereocenters. The number of carbonyl (C=O) groups excluding carboxylic acids is 1. The molecule has 0 aromatic rings. The number of hydrogen-bond donors (Lipinski definition) is 3. The molecule has 2 atom stereocenters. The summed E-state index contributed by atoms with van der Waals surface area (Å²) in [4.78, 5) is 21.2. The van der Waals surface area contributed by atoms with Crippen molar-refractivity contribution in [3.63, 3.8) is 0 Å². The molecule has 5 heteroatoms. The van der Waals surface area contributed by atoms with E-state index in [-0.39, 0.29) is 12.5 Å². The maximum atomic E-state index is 10.7. The molecule has 0 bridgehead atoms. The first kappa shape index (κ1) is 16.9. The summed E-state index contributed by atoms with van der Waals surface area (Å²) in [5, 5.41) is 11.5. The van der Waals surface area contributed by atoms with Crippen LogP contribution in [0.25, 0.3) is 0 Å². The summed E-state index contributed by atoms with van der Waals surface area (Å²) in [7, 11) is 0. The smallest absolute Gasteiger partial charge is 0.305 e. The van der Waals surface area contributed by atoms with Gasteiger partial charge in [0.25, 0.3) is 0 Å². The van der Waals surface area contributed by atoms with Gasteiger partial charge in [-0.3, -0.25) is 4.79 Å². The van der Waals surface area contributed by atoms with Crippen LogP contribution in [0.4, 0.5) is 0 Å². The number of rotatable bonds is 10. The van der Waals surface area contributed by atoms with Crippen molar-refractivity contribution in [2.45, 2.75) is 51.6 Å². The zero-order valence-electron chi connectivity index (χ0n) is 12.3. The molecule has 1 aliphatic rings. The zero-order valence-corrected chi connectivity index (χ0v) is 12.3. The predicted molar refractivity (Wildman–Crippen MR) is 78.3 cm³/mol. The van der Waals surface area contributed by atoms with E-state index in [1.165, 1.54) is 12.8 Å². The summed E-state index contributed by atoms with van der Waals surface area (Å²) in [6, 6.07) is -0.869. The highest BCUT2D eigenvalue weighted by molar-refractivity contribution is 5.73. The van der Waals surface area contributed by atoms with Crippen molar-refractivity contribution in [2.75, 3.05) is 6.54 Å². The summed E-state index contributed by atoms with van der Waals surface area (Å²) >= 11 is 0. The van der Waals surface area contributed by atoms with Gasteiger partial charge >= 0.3 is 5.97 Å². The van der Waals surface area contributed by atoms with Crippen molar-refractivity contribution in [1.82, 2.24) is 5.32 Å². The average Bonchev–Trinajstić information content (AvgIpc) is 3.15. The Kier molecular flexibility index (Phi) is 6.36. The Labute approximate surface area is 120 Å². The molecule has 0 aromatic carbocycles. The van der Waals surface area contributed by atoms with E-state index in [4.69, 9.17) is 10.8 Å². The Morgan fingerprint density at radius 2 is 2.10 bits per heavy atom. The first-order valence-corrected chi connectivity index (χ1v) is 7.22. The van der Waals surface area contributed by atoms with Crippen LogP contribution < -0.4 is 11.1 Å². The number of carboxylic acids is 1. The number of carboxylic acid groups (broad SMARTS) is 1. The first-order chi connectivity index (χ1) is 9.39. The zero-order chi connectivity index (χ0) is 15.2. The molecule has 0 aromatic heterocycles. The highest BCUT2D eigenvalue weighted by Crippen LogP contribution is 2.54. The third-order valence-electron chi connectivity index (χ3n) is 4.20. The number of aldehydes is 1. The Hall–Kier alpha value is -1.20. The first-order valence-electron chi connectivity index (χ1n) is 7.22. The standard InChI is InChI=1S/C15H26N2O3/c1-11(2)15(6-7-15)5-3-4-12(16)9-17-13(10-18)8-14(19)20/h3-4,10-13,17H,5-9,16H2,1-2H3,(H,19,20)/t12?,13-/m1/s1. The number of hydrogen-bond acceptors (Lipinski definition) is 4. The fourth-order valence-electron chi connectivity index (χ4n) is 2.37. The lowest BCUT2D eigenvalue weighted by molar-refractivity contribution is -0.138. The number of carbonyl (C=O) groups is 2. The minimum absolute atomic E-state index is 0.200. The maximum absolute atomic E-state index is 10.7. The van der Waals surface area contributed by atoms with Crippen molar-refractivity contribution in [3.05, 3.63) is 12.2 Å². The van der Waals surface area contributed by atoms with E-state index in [1.54, 1.807) is 0 Å². The van der Waals surface area contributed by atoms with E-state index in [9.17, 15) is 9.59 Å². The van der Waals surface area contributed by atoms with Gasteiger partial charge in [-0.1, -0.05) is 26.0 Å². The van der Waals surface area contributed by atoms with E-state index in [1.807, 2.05) is 6.08 Å². The Morgan fingerprint density at radius 3 is 2.55 bits per heavy atom. The minimum Gasteiger partial charge on any atom is -0.481 e. The van der Waals surface area contributed by atoms with Gasteiger partial charge in [-0.05, 0) is 30.6 Å². The minimum atomic E-state index is -0.994. The Bertz CT molecular complexity index is 362. The van der Waals surface area contributed by atoms with Gasteiger partial charge in [0.1, 0.15) is 6.29 Å². The quantitative estimate of drug-likeness (QED) is 0.415. The van der Waals surface area contributed by atoms with Gasteiger partial charge in [-0.25, -0.2) is 0 Å². The number of allylic oxidation sites excluding steroid dienone is 1. The fraction of sp³-hybridized carbons (Fsp3) is 0.733. The molecule has 114 valence electrons. The highest BCUT2D eigenvalue weighted by Gasteiger charge is 2.43. The summed E-state index contributed by atoms with van der Waals surface area (Å²) < 4.78 is 0. The fourth-order valence-corrected chi connectivity index (χ4v) is 2.37. The predicted octanol–water partition coefficient (Wildman–Crippen LogP) is 1.33. The lowest BCUT2D eigenvalue weighted by Gasteiger charge is -2.17. The Morgan fingerprint density at radius 1 is 1.45 bits per heavy atom. The molecule has 0 saturated heterocycles. The molecule has 4 N–H and O–H groups in total. The lowest BCUT2D eigenvalue weighted by Crippen LogP contribution is -2.40. The average molecular weight is 282 g/mol. The molecule has 1 fully saturated rings. The van der Waals surface area contributed by atoms with Crippen molar-refractivity contribution < 1.29 is 14.7 Å². The molecule has 1 aliphatic carbocycles. The van der Waals surface area contributed by atoms with Gasteiger partial charge in [0.05, 0.1) is 12.5 Å². The summed E-state index contributed by atoms with van der Waals surface area (Å²) in [6.07, 6.45) is 8.08. The van der Waals surface area contributed by atoms with E-state index in [0.717, 1.165) is 6.42 Å². The van der Waals surface area contributed by atoms with Crippen LogP contribution in [0, 0.1) is 11.3 Å². The largest absolute Gasteiger partial charge is 0.481 e. The second-order valence-electron chi connectivity index (χ2n) is 6.06. The molecular weight excluding hydrogens is 256 g/mol. The van der Waals surface area contributed by atoms with Gasteiger partial charge in [0.2, 0.25) is 0 Å². The number of nitrogens with two attached hydrogens (primary N) is 1. The van der Waals surface area contributed by atoms with Crippen LogP contribution in [-0.4, -0.2) is 36.0 Å². The topological polar surface area (TPSA) is 92.4 Å². The van der Waals surface area contributed by atoms with Crippen LogP contribution in [0.5, 0.6) is 0 Å². The summed E-state index contributed by atoms with van der Waals surface area (Å²) in [6.45, 7) is 4.91. The van der Waals surface area contributed by atoms with Gasteiger partial charge < -0.3 is 21.0 Å². The molecule has 0 amide bonds. The summed E-state index contributed by atoms with van der Waals surface area (Å²) in [5.74, 6) is -0.303. The van der Waals surface area contributed by atoms with Crippen LogP contribution in [-0.2, 0) is 9.59 Å². The van der Waals surface area contributed by atoms with Crippen LogP contribution >= 0.6 is 0 Å². The second-order valence-corrected chi connectivity index (χ2v) is 6.06. The Balaban J connectivity index is 2.27. The van der Waals surface area contributed by atoms with Gasteiger partial charge in [0.15, 0.2) is 0 Å². The maximum Gasteiger partial charge on any atom is 0.305 e. The van der Waals surface area contributed by atoms with Gasteiger partial charge in [-0.2, -0.15) is 0 Å². The van der Waals surface area contributed by atoms with Gasteiger partial charge in [-0.15, -0.1) is 0 Å². The van der Waals surface area contributed by atoms with E-state index in [2.05, 4.69) is 25.2 Å². The van der Waals surface area contributed by atoms with Crippen molar-refractivity contribution in [3.8, 4) is 0 Å². The molecule has 0 spiro atoms. The van der Waals surface area contributed by atoms with E-state index >= 15 is 0 Å². The molecule has 20 heavy (non-hydrogen) atoms. The molecule has 1 rings (SSSR count). The number of nitrogens with one attached hydrogen (secondary N) is 1. The normalized spacial score (nSPS) is 20.0. The molecule has 5 nitrogen and oxygen atoms in total. The van der Waals surface area contributed by atoms with Crippen molar-refractivity contribution in [1.29, 1.82) is 0 Å². The summed E-state index contributed by atoms with van der Waals surface area (Å²) in [5.41, 5.74) is 6.39. The van der Waals surface area contributed by atoms with Crippen LogP contribution in [0.3, 0.4) is 0 Å². The van der Waals surface area contributed by atoms with Crippen molar-refractivity contribution >= 4 is 12.3 Å². The lowest BCUT2D eigenvalue weighted by atomic mass is 9.89. The number of aliphatic carboxylic acids is 1. The van der Waals surface area contributed by atoms with Crippen LogP contribution in [0.15, 0.2) is 12.2 Å². The van der Waals surface area contributed by atoms with Crippen molar-refractivity contribution in [2.24, 2.45) is 17.1 Å². The third-order valence-corrected chi connectivity index (χ3v) is 4.20. The molecule has 0 heterocycles. The van der Waals surface area contributed by atoms with Crippen LogP contribution in [0.1, 0.15) is 39.5 Å². The SMILES string of the molecule is CC(C)C1(CC=CC(N)CN[C@@H](C=O)CC(=O)O)CC1. The molecule has 0 radical (unpaired) electrons. The molecule has 1 saturated carbocycles. The second kappa shape index (κ2) is 7.55. The van der Waals surface area contributed by atoms with Crippen LogP contribution in [0.2, 0.25) is 0 Å². The third kappa shape index (κ3) is 5.43. The molecular formula is C15H26N2O3.